The highest BCUT2D eigenvalue weighted by atomic mass is 35.5. The molecule has 0 aliphatic heterocycles. The van der Waals surface area contributed by atoms with E-state index in [2.05, 4.69) is 12.2 Å². The van der Waals surface area contributed by atoms with Gasteiger partial charge < -0.3 is 35.8 Å². The molecule has 0 unspecified atom stereocenters. The van der Waals surface area contributed by atoms with E-state index in [9.17, 15) is 29.4 Å². The predicted molar refractivity (Wildman–Crippen MR) is 226 cm³/mol. The Labute approximate surface area is 350 Å². The first-order chi connectivity index (χ1) is 27.8. The van der Waals surface area contributed by atoms with Gasteiger partial charge in [-0.3, -0.25) is 4.79 Å². The number of nitrogens with one attached hydrogen (secondary N) is 1. The van der Waals surface area contributed by atoms with Gasteiger partial charge in [0.25, 0.3) is 0 Å². The van der Waals surface area contributed by atoms with Gasteiger partial charge in [0.1, 0.15) is 0 Å². The molecule has 0 spiro atoms. The summed E-state index contributed by atoms with van der Waals surface area (Å²) in [6.45, 7) is 4.28. The van der Waals surface area contributed by atoms with Gasteiger partial charge in [-0.05, 0) is 90.3 Å². The van der Waals surface area contributed by atoms with Crippen LogP contribution in [0.4, 0.5) is 0 Å². The molecule has 0 bridgehead atoms. The van der Waals surface area contributed by atoms with Crippen LogP contribution in [0.25, 0.3) is 22.3 Å². The van der Waals surface area contributed by atoms with Crippen molar-refractivity contribution in [1.82, 2.24) is 5.32 Å². The van der Waals surface area contributed by atoms with Crippen LogP contribution >= 0.6 is 23.2 Å². The molecule has 312 valence electrons. The highest BCUT2D eigenvalue weighted by Crippen LogP contribution is 2.25. The Morgan fingerprint density at radius 1 is 0.655 bits per heavy atom. The molecule has 1 amide bonds. The largest absolute Gasteiger partial charge is 0.474 e. The van der Waals surface area contributed by atoms with E-state index in [1.807, 2.05) is 91.0 Å². The predicted octanol–water partition coefficient (Wildman–Crippen LogP) is 7.57. The lowest BCUT2D eigenvalue weighted by Gasteiger charge is -2.20. The van der Waals surface area contributed by atoms with Crippen LogP contribution in [0.1, 0.15) is 69.9 Å². The van der Waals surface area contributed by atoms with Crippen molar-refractivity contribution in [3.05, 3.63) is 118 Å². The van der Waals surface area contributed by atoms with Crippen molar-refractivity contribution in [3.63, 3.8) is 0 Å². The molecule has 4 aromatic carbocycles. The summed E-state index contributed by atoms with van der Waals surface area (Å²) in [4.78, 5) is 46.3. The first kappa shape index (κ1) is 47.6. The monoisotopic (exact) mass is 836 g/mol. The van der Waals surface area contributed by atoms with Crippen molar-refractivity contribution >= 4 is 47.0 Å². The van der Waals surface area contributed by atoms with E-state index in [0.717, 1.165) is 65.5 Å². The average molecular weight is 838 g/mol. The van der Waals surface area contributed by atoms with Crippen molar-refractivity contribution in [3.8, 4) is 22.3 Å². The zero-order valence-corrected chi connectivity index (χ0v) is 34.5. The summed E-state index contributed by atoms with van der Waals surface area (Å²) < 4.78 is 9.91. The van der Waals surface area contributed by atoms with Crippen LogP contribution in [0.15, 0.2) is 97.1 Å². The molecule has 58 heavy (non-hydrogen) atoms. The molecular weight excluding hydrogens is 783 g/mol. The minimum Gasteiger partial charge on any atom is -0.474 e. The number of aliphatic hydroxyl groups excluding tert-OH is 2. The smallest absolute Gasteiger partial charge is 0.394 e. The molecule has 0 heterocycles. The minimum absolute atomic E-state index is 0.163. The number of hydrogen-bond acceptors (Lipinski definition) is 9. The second-order valence-corrected chi connectivity index (χ2v) is 14.8. The molecule has 13 heteroatoms. The highest BCUT2D eigenvalue weighted by molar-refractivity contribution is 6.31. The summed E-state index contributed by atoms with van der Waals surface area (Å²) in [6, 6.07) is 29.5. The molecule has 0 aliphatic carbocycles. The number of carbonyl (C=O) groups is 4. The minimum atomic E-state index is -1.63. The second kappa shape index (κ2) is 25.6. The number of esters is 2. The van der Waals surface area contributed by atoms with Crippen molar-refractivity contribution in [2.45, 2.75) is 95.9 Å². The molecule has 4 aromatic rings. The number of halogens is 2. The molecule has 11 nitrogen and oxygen atoms in total. The summed E-state index contributed by atoms with van der Waals surface area (Å²) in [5.74, 6) is -4.23. The van der Waals surface area contributed by atoms with E-state index in [-0.39, 0.29) is 38.5 Å². The molecule has 0 aliphatic rings. The first-order valence-electron chi connectivity index (χ1n) is 19.5. The summed E-state index contributed by atoms with van der Waals surface area (Å²) in [5.41, 5.74) is 11.9. The number of carboxylic acids is 1. The Morgan fingerprint density at radius 3 is 1.66 bits per heavy atom. The number of hydrogen-bond donors (Lipinski definition) is 5. The van der Waals surface area contributed by atoms with Gasteiger partial charge in [-0.1, -0.05) is 129 Å². The van der Waals surface area contributed by atoms with Gasteiger partial charge in [0.15, 0.2) is 12.2 Å². The molecule has 0 saturated carbocycles. The van der Waals surface area contributed by atoms with Gasteiger partial charge in [0.05, 0.1) is 13.2 Å². The Balaban J connectivity index is 0.000000329. The van der Waals surface area contributed by atoms with Crippen LogP contribution in [-0.2, 0) is 41.5 Å². The van der Waals surface area contributed by atoms with Gasteiger partial charge in [-0.25, -0.2) is 14.4 Å². The van der Waals surface area contributed by atoms with Crippen molar-refractivity contribution in [2.75, 3.05) is 13.2 Å². The molecule has 6 N–H and O–H groups in total. The van der Waals surface area contributed by atoms with Crippen LogP contribution in [0.5, 0.6) is 0 Å². The Hall–Kier alpha value is -4.78. The fourth-order valence-corrected chi connectivity index (χ4v) is 6.46. The summed E-state index contributed by atoms with van der Waals surface area (Å²) in [7, 11) is 0. The number of benzene rings is 4. The van der Waals surface area contributed by atoms with Crippen molar-refractivity contribution < 1.29 is 44.0 Å². The molecule has 0 aromatic heterocycles. The number of ether oxygens (including phenoxy) is 2. The number of carbonyl (C=O) groups excluding carboxylic acids is 3. The summed E-state index contributed by atoms with van der Waals surface area (Å²) in [6.07, 6.45) is 3.14. The third-order valence-corrected chi connectivity index (χ3v) is 9.56. The van der Waals surface area contributed by atoms with Gasteiger partial charge in [0, 0.05) is 28.5 Å². The van der Waals surface area contributed by atoms with E-state index >= 15 is 0 Å². The molecule has 0 radical (unpaired) electrons. The Bertz CT molecular complexity index is 1890. The Morgan fingerprint density at radius 2 is 1.16 bits per heavy atom. The van der Waals surface area contributed by atoms with Gasteiger partial charge in [-0.15, -0.1) is 0 Å². The van der Waals surface area contributed by atoms with E-state index in [1.165, 1.54) is 0 Å². The SMILES string of the molecule is CCCCCCCOC(=O)[C@H](O)C[C@@H](Cc1ccc(-c2cccc(Cl)c2)cc1)NC(=O)C(=O)O.CCOC(=O)[C@H](O)C[C@H](N)Cc1ccc(-c2cccc(Cl)c2)cc1. The lowest BCUT2D eigenvalue weighted by atomic mass is 9.98. The Kier molecular flexibility index (Phi) is 21.0. The van der Waals surface area contributed by atoms with Gasteiger partial charge in [0.2, 0.25) is 0 Å². The van der Waals surface area contributed by atoms with Crippen LogP contribution in [0.2, 0.25) is 10.0 Å². The first-order valence-corrected chi connectivity index (χ1v) is 20.2. The van der Waals surface area contributed by atoms with Gasteiger partial charge in [-0.2, -0.15) is 0 Å². The number of aliphatic hydroxyl groups is 2. The third kappa shape index (κ3) is 17.4. The van der Waals surface area contributed by atoms with E-state index in [4.69, 9.17) is 43.5 Å². The average Bonchev–Trinajstić information content (AvgIpc) is 3.20. The van der Waals surface area contributed by atoms with Crippen LogP contribution in [-0.4, -0.2) is 76.6 Å². The van der Waals surface area contributed by atoms with Crippen molar-refractivity contribution in [1.29, 1.82) is 0 Å². The molecule has 4 rings (SSSR count). The zero-order chi connectivity index (χ0) is 42.5. The van der Waals surface area contributed by atoms with E-state index < -0.39 is 42.1 Å². The summed E-state index contributed by atoms with van der Waals surface area (Å²) in [5, 5.41) is 32.7. The molecule has 0 saturated heterocycles. The topological polar surface area (TPSA) is 185 Å². The third-order valence-electron chi connectivity index (χ3n) is 9.09. The van der Waals surface area contributed by atoms with Gasteiger partial charge >= 0.3 is 23.8 Å². The fraction of sp³-hybridized carbons (Fsp3) is 0.378. The van der Waals surface area contributed by atoms with Crippen LogP contribution in [0.3, 0.4) is 0 Å². The van der Waals surface area contributed by atoms with Crippen LogP contribution in [0, 0.1) is 0 Å². The number of rotatable bonds is 20. The van der Waals surface area contributed by atoms with Crippen molar-refractivity contribution in [2.24, 2.45) is 5.73 Å². The number of amides is 1. The fourth-order valence-electron chi connectivity index (χ4n) is 6.08. The molecule has 4 atom stereocenters. The number of aliphatic carboxylic acids is 1. The summed E-state index contributed by atoms with van der Waals surface area (Å²) >= 11 is 12.1. The van der Waals surface area contributed by atoms with E-state index in [1.54, 1.807) is 13.0 Å². The maximum atomic E-state index is 12.2. The standard InChI is InChI=1S/C26H32ClNO6.C19H22ClNO3/c1-2-3-4-5-6-14-34-26(33)23(29)17-22(28-24(30)25(31)32)15-18-10-12-19(13-11-18)20-8-7-9-21(27)16-20;1-2-24-19(23)18(22)12-17(21)10-13-6-8-14(9-7-13)15-4-3-5-16(20)11-15/h7-13,16,22-23,29H,2-6,14-15,17H2,1H3,(H,28,30)(H,31,32);3-9,11,17-18,22H,2,10,12,21H2,1H3/t22-,23-;17-,18-/m11/s1. The maximum Gasteiger partial charge on any atom is 0.394 e. The van der Waals surface area contributed by atoms with E-state index in [0.29, 0.717) is 16.5 Å². The maximum absolute atomic E-state index is 12.2. The normalized spacial score (nSPS) is 12.9. The lowest BCUT2D eigenvalue weighted by Crippen LogP contribution is -2.43. The zero-order valence-electron chi connectivity index (χ0n) is 32.9. The molecular formula is C45H54Cl2N2O9. The molecule has 0 fully saturated rings. The highest BCUT2D eigenvalue weighted by Gasteiger charge is 2.26. The number of unbranched alkanes of at least 4 members (excludes halogenated alkanes) is 4. The van der Waals surface area contributed by atoms with Crippen LogP contribution < -0.4 is 11.1 Å². The number of carboxylic acid groups (broad SMARTS) is 1. The lowest BCUT2D eigenvalue weighted by molar-refractivity contribution is -0.155. The second-order valence-electron chi connectivity index (χ2n) is 13.9. The number of nitrogens with two attached hydrogens (primary N) is 1. The quantitative estimate of drug-likeness (QED) is 0.0338.